The van der Waals surface area contributed by atoms with Gasteiger partial charge in [0.1, 0.15) is 11.6 Å². The highest BCUT2D eigenvalue weighted by Gasteiger charge is 2.08. The minimum Gasteiger partial charge on any atom is -0.385 e. The molecule has 14 heavy (non-hydrogen) atoms. The molecule has 0 spiro atoms. The summed E-state index contributed by atoms with van der Waals surface area (Å²) in [5.41, 5.74) is 4.78. The average Bonchev–Trinajstić information content (AvgIpc) is 2.13. The topological polar surface area (TPSA) is 88.1 Å². The Balaban J connectivity index is 4.09. The van der Waals surface area contributed by atoms with Crippen molar-refractivity contribution in [2.24, 2.45) is 5.73 Å². The molecule has 0 aliphatic carbocycles. The number of amides is 1. The van der Waals surface area contributed by atoms with E-state index >= 15 is 0 Å². The van der Waals surface area contributed by atoms with Crippen LogP contribution in [0.5, 0.6) is 0 Å². The number of methoxy groups -OCH3 is 1. The van der Waals surface area contributed by atoms with Crippen molar-refractivity contribution in [2.45, 2.75) is 6.42 Å². The van der Waals surface area contributed by atoms with E-state index in [0.29, 0.717) is 13.2 Å². The molecular formula is C8H13N3O2S. The van der Waals surface area contributed by atoms with E-state index in [0.717, 1.165) is 6.42 Å². The number of rotatable bonds is 6. The van der Waals surface area contributed by atoms with Gasteiger partial charge >= 0.3 is 0 Å². The molecule has 0 saturated carbocycles. The number of nitrogens with one attached hydrogen (secondary N) is 1. The summed E-state index contributed by atoms with van der Waals surface area (Å²) in [6.07, 6.45) is 0.762. The van der Waals surface area contributed by atoms with E-state index in [2.05, 4.69) is 17.9 Å². The van der Waals surface area contributed by atoms with Crippen LogP contribution in [0.25, 0.3) is 0 Å². The van der Waals surface area contributed by atoms with Crippen LogP contribution in [-0.2, 0) is 9.53 Å². The molecule has 0 aliphatic rings. The zero-order valence-corrected chi connectivity index (χ0v) is 8.80. The monoisotopic (exact) mass is 215 g/mol. The Morgan fingerprint density at radius 1 is 1.71 bits per heavy atom. The number of ether oxygens (including phenoxy) is 1. The number of hydrogen-bond acceptors (Lipinski definition) is 5. The number of nitrogens with zero attached hydrogens (tertiary/aromatic N) is 1. The lowest BCUT2D eigenvalue weighted by Crippen LogP contribution is -2.21. The second kappa shape index (κ2) is 7.24. The number of thiol groups is 1. The fraction of sp³-hybridized carbons (Fsp3) is 0.500. The van der Waals surface area contributed by atoms with Crippen molar-refractivity contribution in [1.82, 2.24) is 5.32 Å². The summed E-state index contributed by atoms with van der Waals surface area (Å²) in [6.45, 7) is 1.18. The molecule has 6 heteroatoms. The van der Waals surface area contributed by atoms with E-state index in [1.165, 1.54) is 0 Å². The van der Waals surface area contributed by atoms with Crippen LogP contribution in [0.1, 0.15) is 6.42 Å². The van der Waals surface area contributed by atoms with Crippen molar-refractivity contribution >= 4 is 18.5 Å². The van der Waals surface area contributed by atoms with Gasteiger partial charge in [0, 0.05) is 20.3 Å². The normalized spacial score (nSPS) is 11.5. The van der Waals surface area contributed by atoms with Gasteiger partial charge in [-0.15, -0.1) is 12.6 Å². The van der Waals surface area contributed by atoms with Crippen molar-refractivity contribution in [3.8, 4) is 6.07 Å². The van der Waals surface area contributed by atoms with Gasteiger partial charge in [-0.3, -0.25) is 4.79 Å². The number of nitrogens with two attached hydrogens (primary N) is 1. The Morgan fingerprint density at radius 3 is 2.79 bits per heavy atom. The molecule has 78 valence electrons. The van der Waals surface area contributed by atoms with Gasteiger partial charge in [-0.1, -0.05) is 0 Å². The number of hydrogen-bond donors (Lipinski definition) is 3. The quantitative estimate of drug-likeness (QED) is 0.247. The predicted molar refractivity (Wildman–Crippen MR) is 55.3 cm³/mol. The molecule has 0 atom stereocenters. The molecule has 0 aliphatic heterocycles. The van der Waals surface area contributed by atoms with E-state index in [4.69, 9.17) is 15.7 Å². The van der Waals surface area contributed by atoms with Crippen molar-refractivity contribution in [1.29, 1.82) is 5.26 Å². The fourth-order valence-corrected chi connectivity index (χ4v) is 1.01. The van der Waals surface area contributed by atoms with Gasteiger partial charge in [-0.05, 0) is 6.42 Å². The van der Waals surface area contributed by atoms with E-state index in [1.54, 1.807) is 13.2 Å². The lowest BCUT2D eigenvalue weighted by molar-refractivity contribution is -0.114. The lowest BCUT2D eigenvalue weighted by Gasteiger charge is -2.05. The Morgan fingerprint density at radius 2 is 2.36 bits per heavy atom. The first-order valence-electron chi connectivity index (χ1n) is 3.99. The van der Waals surface area contributed by atoms with E-state index in [9.17, 15) is 4.79 Å². The number of carbonyl (C=O) groups is 1. The van der Waals surface area contributed by atoms with E-state index in [-0.39, 0.29) is 10.6 Å². The van der Waals surface area contributed by atoms with Crippen LogP contribution in [-0.4, -0.2) is 26.2 Å². The summed E-state index contributed by atoms with van der Waals surface area (Å²) >= 11 is 3.95. The van der Waals surface area contributed by atoms with Gasteiger partial charge in [-0.25, -0.2) is 0 Å². The Bertz CT molecular complexity index is 270. The summed E-state index contributed by atoms with van der Waals surface area (Å²) < 4.78 is 4.82. The third-order valence-electron chi connectivity index (χ3n) is 1.41. The molecule has 0 heterocycles. The highest BCUT2D eigenvalue weighted by Crippen LogP contribution is 2.03. The summed E-state index contributed by atoms with van der Waals surface area (Å²) in [4.78, 5) is 10.7. The summed E-state index contributed by atoms with van der Waals surface area (Å²) in [7, 11) is 1.60. The lowest BCUT2D eigenvalue weighted by atomic mass is 10.3. The Hall–Kier alpha value is -1.19. The van der Waals surface area contributed by atoms with Crippen LogP contribution in [0.3, 0.4) is 0 Å². The van der Waals surface area contributed by atoms with Crippen molar-refractivity contribution < 1.29 is 9.53 Å². The van der Waals surface area contributed by atoms with Crippen LogP contribution in [0.2, 0.25) is 0 Å². The smallest absolute Gasteiger partial charge is 0.262 e. The summed E-state index contributed by atoms with van der Waals surface area (Å²) in [5, 5.41) is 11.5. The molecule has 0 radical (unpaired) electrons. The first-order chi connectivity index (χ1) is 6.63. The zero-order valence-electron chi connectivity index (χ0n) is 7.91. The molecule has 0 aromatic heterocycles. The van der Waals surface area contributed by atoms with Crippen LogP contribution >= 0.6 is 12.6 Å². The second-order valence-electron chi connectivity index (χ2n) is 2.47. The number of carbonyl (C=O) groups excluding carboxylic acids is 1. The van der Waals surface area contributed by atoms with E-state index in [1.807, 2.05) is 0 Å². The molecule has 0 unspecified atom stereocenters. The number of primary amides is 1. The maximum absolute atomic E-state index is 10.7. The molecule has 3 N–H and O–H groups in total. The van der Waals surface area contributed by atoms with Gasteiger partial charge in [0.2, 0.25) is 0 Å². The molecule has 0 saturated heterocycles. The second-order valence-corrected chi connectivity index (χ2v) is 2.92. The highest BCUT2D eigenvalue weighted by molar-refractivity contribution is 7.84. The standard InChI is InChI=1S/C8H13N3O2S/c1-13-4-2-3-11-8(14)6(5-9)7(10)12/h11,14H,2-4H2,1H3,(H2,10,12)/b8-6+. The largest absolute Gasteiger partial charge is 0.385 e. The molecule has 0 aromatic rings. The van der Waals surface area contributed by atoms with Crippen LogP contribution in [0.15, 0.2) is 10.6 Å². The average molecular weight is 215 g/mol. The van der Waals surface area contributed by atoms with Crippen LogP contribution < -0.4 is 11.1 Å². The molecule has 0 rings (SSSR count). The van der Waals surface area contributed by atoms with Crippen molar-refractivity contribution in [2.75, 3.05) is 20.3 Å². The first kappa shape index (κ1) is 12.8. The molecule has 5 nitrogen and oxygen atoms in total. The predicted octanol–water partition coefficient (Wildman–Crippen LogP) is -0.237. The summed E-state index contributed by atoms with van der Waals surface area (Å²) in [5.74, 6) is -0.781. The Kier molecular flexibility index (Phi) is 6.62. The minimum atomic E-state index is -0.781. The third-order valence-corrected chi connectivity index (χ3v) is 1.79. The maximum atomic E-state index is 10.7. The maximum Gasteiger partial charge on any atom is 0.262 e. The zero-order chi connectivity index (χ0) is 11.0. The number of nitriles is 1. The van der Waals surface area contributed by atoms with Gasteiger partial charge in [0.05, 0.1) is 5.03 Å². The van der Waals surface area contributed by atoms with Crippen molar-refractivity contribution in [3.05, 3.63) is 10.6 Å². The molecule has 0 fully saturated rings. The summed E-state index contributed by atoms with van der Waals surface area (Å²) in [6, 6.07) is 1.68. The molecule has 0 bridgehead atoms. The molecule has 1 amide bonds. The Labute approximate surface area is 88.3 Å². The van der Waals surface area contributed by atoms with E-state index < -0.39 is 5.91 Å². The van der Waals surface area contributed by atoms with Crippen LogP contribution in [0.4, 0.5) is 0 Å². The first-order valence-corrected chi connectivity index (χ1v) is 4.44. The fourth-order valence-electron chi connectivity index (χ4n) is 0.736. The molecular weight excluding hydrogens is 202 g/mol. The third kappa shape index (κ3) is 4.74. The van der Waals surface area contributed by atoms with Gasteiger partial charge < -0.3 is 15.8 Å². The minimum absolute atomic E-state index is 0.161. The SMILES string of the molecule is COCCCN/C(S)=C(/C#N)C(N)=O. The molecule has 0 aromatic carbocycles. The van der Waals surface area contributed by atoms with Crippen molar-refractivity contribution in [3.63, 3.8) is 0 Å². The highest BCUT2D eigenvalue weighted by atomic mass is 32.1. The van der Waals surface area contributed by atoms with Gasteiger partial charge in [-0.2, -0.15) is 5.26 Å². The van der Waals surface area contributed by atoms with Crippen LogP contribution in [0, 0.1) is 11.3 Å². The van der Waals surface area contributed by atoms with Gasteiger partial charge in [0.15, 0.2) is 0 Å². The van der Waals surface area contributed by atoms with Gasteiger partial charge in [0.25, 0.3) is 5.91 Å².